The Balaban J connectivity index is 2.11. The Morgan fingerprint density at radius 3 is 2.85 bits per heavy atom. The van der Waals surface area contributed by atoms with Gasteiger partial charge in [0.15, 0.2) is 0 Å². The molecule has 6 heteroatoms. The number of ether oxygens (including phenoxy) is 1. The fraction of sp³-hybridized carbons (Fsp3) is 0.429. The lowest BCUT2D eigenvalue weighted by molar-refractivity contribution is 0.414. The van der Waals surface area contributed by atoms with Gasteiger partial charge in [-0.2, -0.15) is 0 Å². The second-order valence-electron chi connectivity index (χ2n) is 4.39. The van der Waals surface area contributed by atoms with E-state index in [9.17, 15) is 0 Å². The molecule has 0 bridgehead atoms. The summed E-state index contributed by atoms with van der Waals surface area (Å²) in [5.74, 6) is 1.34. The molecule has 6 nitrogen and oxygen atoms in total. The van der Waals surface area contributed by atoms with Gasteiger partial charge in [-0.1, -0.05) is 24.2 Å². The first-order valence-electron chi connectivity index (χ1n) is 6.66. The summed E-state index contributed by atoms with van der Waals surface area (Å²) >= 11 is 0. The molecule has 1 N–H and O–H groups in total. The van der Waals surface area contributed by atoms with Crippen molar-refractivity contribution in [3.8, 4) is 5.75 Å². The van der Waals surface area contributed by atoms with E-state index in [1.807, 2.05) is 36.2 Å². The lowest BCUT2D eigenvalue weighted by atomic mass is 10.3. The maximum Gasteiger partial charge on any atom is 0.322 e. The van der Waals surface area contributed by atoms with E-state index in [0.29, 0.717) is 18.5 Å². The molecular weight excluding hydrogens is 256 g/mol. The molecule has 0 unspecified atom stereocenters. The molecule has 1 heterocycles. The Bertz CT molecular complexity index is 541. The van der Waals surface area contributed by atoms with Gasteiger partial charge in [0.05, 0.1) is 19.3 Å². The minimum atomic E-state index is 0.447. The first-order chi connectivity index (χ1) is 9.76. The average Bonchev–Trinajstić information content (AvgIpc) is 2.95. The molecule has 0 aliphatic heterocycles. The maximum atomic E-state index is 5.63. The molecule has 108 valence electrons. The van der Waals surface area contributed by atoms with Gasteiger partial charge in [0.25, 0.3) is 0 Å². The van der Waals surface area contributed by atoms with Crippen LogP contribution in [0.4, 0.5) is 11.7 Å². The number of nitrogens with zero attached hydrogens (tertiary/aromatic N) is 3. The van der Waals surface area contributed by atoms with Crippen LogP contribution in [0.25, 0.3) is 0 Å². The highest BCUT2D eigenvalue weighted by molar-refractivity contribution is 5.63. The van der Waals surface area contributed by atoms with Gasteiger partial charge in [-0.05, 0) is 25.1 Å². The van der Waals surface area contributed by atoms with E-state index in [1.54, 1.807) is 7.11 Å². The summed E-state index contributed by atoms with van der Waals surface area (Å²) in [5, 5.41) is 11.3. The van der Waals surface area contributed by atoms with Crippen LogP contribution >= 0.6 is 0 Å². The predicted molar refractivity (Wildman–Crippen MR) is 77.4 cm³/mol. The first kappa shape index (κ1) is 14.3. The molecule has 0 saturated carbocycles. The van der Waals surface area contributed by atoms with Gasteiger partial charge in [0.2, 0.25) is 5.89 Å². The van der Waals surface area contributed by atoms with E-state index in [-0.39, 0.29) is 0 Å². The summed E-state index contributed by atoms with van der Waals surface area (Å²) < 4.78 is 11.0. The van der Waals surface area contributed by atoms with Gasteiger partial charge in [-0.3, -0.25) is 4.90 Å². The normalized spacial score (nSPS) is 10.6. The van der Waals surface area contributed by atoms with Gasteiger partial charge >= 0.3 is 6.01 Å². The molecule has 20 heavy (non-hydrogen) atoms. The zero-order valence-corrected chi connectivity index (χ0v) is 12.1. The minimum Gasteiger partial charge on any atom is -0.495 e. The van der Waals surface area contributed by atoms with Crippen molar-refractivity contribution in [3.05, 3.63) is 30.2 Å². The largest absolute Gasteiger partial charge is 0.495 e. The predicted octanol–water partition coefficient (Wildman–Crippen LogP) is 2.35. The monoisotopic (exact) mass is 276 g/mol. The van der Waals surface area contributed by atoms with Crippen LogP contribution < -0.4 is 15.0 Å². The summed E-state index contributed by atoms with van der Waals surface area (Å²) in [7, 11) is 3.51. The number of nitrogens with one attached hydrogen (secondary N) is 1. The van der Waals surface area contributed by atoms with Crippen LogP contribution in [0.5, 0.6) is 5.75 Å². The van der Waals surface area contributed by atoms with Crippen molar-refractivity contribution >= 4 is 11.7 Å². The van der Waals surface area contributed by atoms with Gasteiger partial charge in [0, 0.05) is 7.05 Å². The van der Waals surface area contributed by atoms with Gasteiger partial charge in [-0.25, -0.2) is 0 Å². The van der Waals surface area contributed by atoms with Crippen LogP contribution in [-0.2, 0) is 6.54 Å². The minimum absolute atomic E-state index is 0.447. The summed E-state index contributed by atoms with van der Waals surface area (Å²) in [6.45, 7) is 3.63. The van der Waals surface area contributed by atoms with Crippen molar-refractivity contribution in [1.29, 1.82) is 0 Å². The van der Waals surface area contributed by atoms with Crippen molar-refractivity contribution in [1.82, 2.24) is 15.5 Å². The highest BCUT2D eigenvalue weighted by atomic mass is 16.5. The molecule has 0 atom stereocenters. The number of hydrogen-bond donors (Lipinski definition) is 1. The van der Waals surface area contributed by atoms with Crippen molar-refractivity contribution in [2.24, 2.45) is 0 Å². The number of rotatable bonds is 7. The second kappa shape index (κ2) is 6.91. The van der Waals surface area contributed by atoms with Crippen molar-refractivity contribution in [2.75, 3.05) is 25.6 Å². The summed E-state index contributed by atoms with van der Waals surface area (Å²) in [4.78, 5) is 1.81. The summed E-state index contributed by atoms with van der Waals surface area (Å²) in [6.07, 6.45) is 1.07. The number of para-hydroxylation sites is 2. The number of aromatic nitrogens is 2. The van der Waals surface area contributed by atoms with E-state index in [2.05, 4.69) is 22.4 Å². The quantitative estimate of drug-likeness (QED) is 0.783. The maximum absolute atomic E-state index is 5.63. The van der Waals surface area contributed by atoms with Crippen molar-refractivity contribution < 1.29 is 9.15 Å². The van der Waals surface area contributed by atoms with Crippen LogP contribution in [0.3, 0.4) is 0 Å². The number of hydrogen-bond acceptors (Lipinski definition) is 6. The molecule has 2 aromatic rings. The Kier molecular flexibility index (Phi) is 4.95. The van der Waals surface area contributed by atoms with E-state index in [0.717, 1.165) is 24.4 Å². The third-order valence-corrected chi connectivity index (χ3v) is 2.89. The Labute approximate surface area is 118 Å². The van der Waals surface area contributed by atoms with Crippen molar-refractivity contribution in [2.45, 2.75) is 19.9 Å². The lowest BCUT2D eigenvalue weighted by Crippen LogP contribution is -2.14. The molecule has 0 aliphatic rings. The fourth-order valence-electron chi connectivity index (χ4n) is 1.83. The summed E-state index contributed by atoms with van der Waals surface area (Å²) in [6, 6.07) is 8.14. The molecule has 0 spiro atoms. The van der Waals surface area contributed by atoms with Gasteiger partial charge in [0.1, 0.15) is 5.75 Å². The molecule has 0 radical (unpaired) electrons. The van der Waals surface area contributed by atoms with Crippen LogP contribution in [0.15, 0.2) is 28.7 Å². The number of methoxy groups -OCH3 is 1. The Hall–Kier alpha value is -2.08. The topological polar surface area (TPSA) is 63.4 Å². The van der Waals surface area contributed by atoms with Crippen LogP contribution in [0.1, 0.15) is 19.2 Å². The van der Waals surface area contributed by atoms with Crippen LogP contribution in [0, 0.1) is 0 Å². The molecule has 0 amide bonds. The standard InChI is InChI=1S/C14H20N4O2/c1-4-9-15-10-13-16-17-14(20-13)18(2)11-7-5-6-8-12(11)19-3/h5-8,15H,4,9-10H2,1-3H3. The highest BCUT2D eigenvalue weighted by Gasteiger charge is 2.15. The van der Waals surface area contributed by atoms with Crippen LogP contribution in [0.2, 0.25) is 0 Å². The third kappa shape index (κ3) is 3.27. The SMILES string of the molecule is CCCNCc1nnc(N(C)c2ccccc2OC)o1. The Morgan fingerprint density at radius 1 is 1.30 bits per heavy atom. The highest BCUT2D eigenvalue weighted by Crippen LogP contribution is 2.31. The zero-order valence-electron chi connectivity index (χ0n) is 12.1. The first-order valence-corrected chi connectivity index (χ1v) is 6.66. The van der Waals surface area contributed by atoms with E-state index in [4.69, 9.17) is 9.15 Å². The smallest absolute Gasteiger partial charge is 0.322 e. The average molecular weight is 276 g/mol. The summed E-state index contributed by atoms with van der Waals surface area (Å²) in [5.41, 5.74) is 0.881. The van der Waals surface area contributed by atoms with Gasteiger partial charge in [-0.15, -0.1) is 5.10 Å². The van der Waals surface area contributed by atoms with E-state index < -0.39 is 0 Å². The van der Waals surface area contributed by atoms with Gasteiger partial charge < -0.3 is 14.5 Å². The molecule has 1 aromatic carbocycles. The molecule has 1 aromatic heterocycles. The molecule has 0 fully saturated rings. The second-order valence-corrected chi connectivity index (χ2v) is 4.39. The van der Waals surface area contributed by atoms with Crippen LogP contribution in [-0.4, -0.2) is 30.9 Å². The molecule has 2 rings (SSSR count). The molecular formula is C14H20N4O2. The number of benzene rings is 1. The number of anilines is 2. The third-order valence-electron chi connectivity index (χ3n) is 2.89. The molecule has 0 aliphatic carbocycles. The fourth-order valence-corrected chi connectivity index (χ4v) is 1.83. The lowest BCUT2D eigenvalue weighted by Gasteiger charge is -2.16. The zero-order chi connectivity index (χ0) is 14.4. The molecule has 0 saturated heterocycles. The van der Waals surface area contributed by atoms with Crippen molar-refractivity contribution in [3.63, 3.8) is 0 Å². The Morgan fingerprint density at radius 2 is 2.10 bits per heavy atom. The van der Waals surface area contributed by atoms with E-state index in [1.165, 1.54) is 0 Å². The van der Waals surface area contributed by atoms with E-state index >= 15 is 0 Å².